The Morgan fingerprint density at radius 2 is 1.91 bits per heavy atom. The number of aliphatic imine (C=N–C) groups is 1. The molecule has 0 spiro atoms. The molecular formula is C23H31IN4O4. The lowest BCUT2D eigenvalue weighted by Gasteiger charge is -2.14. The number of amides is 1. The summed E-state index contributed by atoms with van der Waals surface area (Å²) in [6, 6.07) is 13.4. The average Bonchev–Trinajstić information content (AvgIpc) is 3.01. The van der Waals surface area contributed by atoms with Crippen molar-refractivity contribution in [3.63, 3.8) is 0 Å². The van der Waals surface area contributed by atoms with Crippen LogP contribution in [0.2, 0.25) is 0 Å². The Bertz CT molecular complexity index is 921. The van der Waals surface area contributed by atoms with Crippen molar-refractivity contribution in [3.8, 4) is 17.2 Å². The summed E-state index contributed by atoms with van der Waals surface area (Å²) in [5, 5.41) is 6.56. The Balaban J connectivity index is 0.00000363. The number of carbonyl (C=O) groups is 1. The predicted octanol–water partition coefficient (Wildman–Crippen LogP) is 3.51. The number of guanidine groups is 1. The van der Waals surface area contributed by atoms with Gasteiger partial charge in [0.25, 0.3) is 5.91 Å². The van der Waals surface area contributed by atoms with Crippen molar-refractivity contribution in [2.24, 2.45) is 4.99 Å². The molecule has 0 fully saturated rings. The van der Waals surface area contributed by atoms with Gasteiger partial charge >= 0.3 is 0 Å². The summed E-state index contributed by atoms with van der Waals surface area (Å²) < 4.78 is 17.0. The van der Waals surface area contributed by atoms with Crippen molar-refractivity contribution in [1.82, 2.24) is 10.2 Å². The SMILES string of the molecule is CCNC(=NCc1cccc(OCC(=O)N(C)C)c1)Nc1ccc2c(c1)OCCCO2.I. The van der Waals surface area contributed by atoms with Crippen LogP contribution in [0, 0.1) is 0 Å². The van der Waals surface area contributed by atoms with Gasteiger partial charge in [0, 0.05) is 38.8 Å². The van der Waals surface area contributed by atoms with Crippen LogP contribution in [-0.2, 0) is 11.3 Å². The Morgan fingerprint density at radius 1 is 1.12 bits per heavy atom. The standard InChI is InChI=1S/C23H30N4O4.HI/c1-4-24-23(26-18-9-10-20-21(14-18)30-12-6-11-29-20)25-15-17-7-5-8-19(13-17)31-16-22(28)27(2)3;/h5,7-10,13-14H,4,6,11-12,15-16H2,1-3H3,(H2,24,25,26);1H. The molecule has 32 heavy (non-hydrogen) atoms. The minimum Gasteiger partial charge on any atom is -0.490 e. The van der Waals surface area contributed by atoms with Crippen molar-refractivity contribution in [2.75, 3.05) is 45.8 Å². The van der Waals surface area contributed by atoms with E-state index in [4.69, 9.17) is 14.2 Å². The zero-order valence-electron chi connectivity index (χ0n) is 18.7. The van der Waals surface area contributed by atoms with E-state index in [-0.39, 0.29) is 36.5 Å². The Morgan fingerprint density at radius 3 is 2.66 bits per heavy atom. The third-order valence-electron chi connectivity index (χ3n) is 4.53. The van der Waals surface area contributed by atoms with Crippen LogP contribution >= 0.6 is 24.0 Å². The van der Waals surface area contributed by atoms with E-state index in [1.54, 1.807) is 14.1 Å². The number of hydrogen-bond acceptors (Lipinski definition) is 5. The number of ether oxygens (including phenoxy) is 3. The molecular weight excluding hydrogens is 523 g/mol. The zero-order valence-corrected chi connectivity index (χ0v) is 21.1. The van der Waals surface area contributed by atoms with Gasteiger partial charge < -0.3 is 29.7 Å². The maximum absolute atomic E-state index is 11.7. The second-order valence-corrected chi connectivity index (χ2v) is 7.26. The molecule has 9 heteroatoms. The monoisotopic (exact) mass is 554 g/mol. The molecule has 1 amide bonds. The minimum absolute atomic E-state index is 0. The van der Waals surface area contributed by atoms with Crippen LogP contribution in [-0.4, -0.2) is 57.2 Å². The predicted molar refractivity (Wildman–Crippen MR) is 137 cm³/mol. The number of likely N-dealkylation sites (N-methyl/N-ethyl adjacent to an activating group) is 1. The third-order valence-corrected chi connectivity index (χ3v) is 4.53. The summed E-state index contributed by atoms with van der Waals surface area (Å²) in [6.07, 6.45) is 0.869. The van der Waals surface area contributed by atoms with E-state index in [0.717, 1.165) is 35.7 Å². The number of benzene rings is 2. The molecule has 0 radical (unpaired) electrons. The normalized spacial score (nSPS) is 12.8. The van der Waals surface area contributed by atoms with Crippen molar-refractivity contribution in [1.29, 1.82) is 0 Å². The second kappa shape index (κ2) is 13.0. The lowest BCUT2D eigenvalue weighted by Crippen LogP contribution is -2.30. The molecule has 0 aromatic heterocycles. The van der Waals surface area contributed by atoms with Crippen molar-refractivity contribution >= 4 is 41.5 Å². The highest BCUT2D eigenvalue weighted by Gasteiger charge is 2.11. The fraction of sp³-hybridized carbons (Fsp3) is 0.391. The first-order valence-corrected chi connectivity index (χ1v) is 10.4. The number of hydrogen-bond donors (Lipinski definition) is 2. The zero-order chi connectivity index (χ0) is 22.1. The summed E-state index contributed by atoms with van der Waals surface area (Å²) in [7, 11) is 3.41. The van der Waals surface area contributed by atoms with Gasteiger partial charge in [0.1, 0.15) is 5.75 Å². The van der Waals surface area contributed by atoms with E-state index >= 15 is 0 Å². The first-order chi connectivity index (χ1) is 15.0. The van der Waals surface area contributed by atoms with Crippen LogP contribution in [0.4, 0.5) is 5.69 Å². The Kier molecular flexibility index (Phi) is 10.4. The van der Waals surface area contributed by atoms with Crippen LogP contribution < -0.4 is 24.8 Å². The Hall–Kier alpha value is -2.69. The number of halogens is 1. The average molecular weight is 554 g/mol. The van der Waals surface area contributed by atoms with Gasteiger partial charge in [-0.3, -0.25) is 4.79 Å². The van der Waals surface area contributed by atoms with E-state index < -0.39 is 0 Å². The summed E-state index contributed by atoms with van der Waals surface area (Å²) in [5.41, 5.74) is 1.84. The molecule has 3 rings (SSSR count). The summed E-state index contributed by atoms with van der Waals surface area (Å²) in [4.78, 5) is 17.9. The maximum atomic E-state index is 11.7. The van der Waals surface area contributed by atoms with E-state index in [9.17, 15) is 4.79 Å². The van der Waals surface area contributed by atoms with Crippen LogP contribution in [0.25, 0.3) is 0 Å². The van der Waals surface area contributed by atoms with Gasteiger partial charge in [-0.1, -0.05) is 12.1 Å². The summed E-state index contributed by atoms with van der Waals surface area (Å²) in [6.45, 7) is 4.51. The van der Waals surface area contributed by atoms with Gasteiger partial charge in [-0.15, -0.1) is 24.0 Å². The van der Waals surface area contributed by atoms with Crippen molar-refractivity contribution in [3.05, 3.63) is 48.0 Å². The van der Waals surface area contributed by atoms with Crippen molar-refractivity contribution in [2.45, 2.75) is 19.9 Å². The molecule has 2 aromatic carbocycles. The van der Waals surface area contributed by atoms with E-state index in [1.807, 2.05) is 49.4 Å². The van der Waals surface area contributed by atoms with Gasteiger partial charge in [0.15, 0.2) is 24.1 Å². The topological polar surface area (TPSA) is 84.4 Å². The molecule has 0 atom stereocenters. The first-order valence-electron chi connectivity index (χ1n) is 10.4. The highest BCUT2D eigenvalue weighted by molar-refractivity contribution is 14.0. The number of rotatable bonds is 7. The minimum atomic E-state index is -0.0859. The smallest absolute Gasteiger partial charge is 0.259 e. The molecule has 8 nitrogen and oxygen atoms in total. The van der Waals surface area contributed by atoms with Crippen LogP contribution in [0.15, 0.2) is 47.5 Å². The number of nitrogens with zero attached hydrogens (tertiary/aromatic N) is 2. The Labute approximate surface area is 206 Å². The molecule has 0 saturated carbocycles. The number of nitrogens with one attached hydrogen (secondary N) is 2. The van der Waals surface area contributed by atoms with E-state index in [0.29, 0.717) is 31.5 Å². The molecule has 2 aromatic rings. The fourth-order valence-corrected chi connectivity index (χ4v) is 2.86. The molecule has 0 unspecified atom stereocenters. The lowest BCUT2D eigenvalue weighted by atomic mass is 10.2. The van der Waals surface area contributed by atoms with Crippen LogP contribution in [0.1, 0.15) is 18.9 Å². The molecule has 0 saturated heterocycles. The van der Waals surface area contributed by atoms with Crippen LogP contribution in [0.5, 0.6) is 17.2 Å². The van der Waals surface area contributed by atoms with Gasteiger partial charge in [0.05, 0.1) is 19.8 Å². The summed E-state index contributed by atoms with van der Waals surface area (Å²) >= 11 is 0. The lowest BCUT2D eigenvalue weighted by molar-refractivity contribution is -0.130. The molecule has 1 aliphatic heterocycles. The number of anilines is 1. The van der Waals surface area contributed by atoms with Gasteiger partial charge in [-0.2, -0.15) is 0 Å². The highest BCUT2D eigenvalue weighted by atomic mass is 127. The highest BCUT2D eigenvalue weighted by Crippen LogP contribution is 2.32. The van der Waals surface area contributed by atoms with Gasteiger partial charge in [-0.05, 0) is 36.8 Å². The van der Waals surface area contributed by atoms with Gasteiger partial charge in [0.2, 0.25) is 0 Å². The molecule has 1 aliphatic rings. The maximum Gasteiger partial charge on any atom is 0.259 e. The van der Waals surface area contributed by atoms with E-state index in [1.165, 1.54) is 4.90 Å². The molecule has 174 valence electrons. The first kappa shape index (κ1) is 25.6. The van der Waals surface area contributed by atoms with Crippen molar-refractivity contribution < 1.29 is 19.0 Å². The number of fused-ring (bicyclic) bond motifs is 1. The molecule has 2 N–H and O–H groups in total. The molecule has 1 heterocycles. The van der Waals surface area contributed by atoms with Crippen LogP contribution in [0.3, 0.4) is 0 Å². The summed E-state index contributed by atoms with van der Waals surface area (Å²) in [5.74, 6) is 2.71. The largest absolute Gasteiger partial charge is 0.490 e. The fourth-order valence-electron chi connectivity index (χ4n) is 2.86. The quantitative estimate of drug-likeness (QED) is 0.310. The van der Waals surface area contributed by atoms with Gasteiger partial charge in [-0.25, -0.2) is 4.99 Å². The second-order valence-electron chi connectivity index (χ2n) is 7.26. The number of carbonyl (C=O) groups excluding carboxylic acids is 1. The van der Waals surface area contributed by atoms with E-state index in [2.05, 4.69) is 15.6 Å². The molecule has 0 aliphatic carbocycles. The molecule has 0 bridgehead atoms. The third kappa shape index (κ3) is 7.77.